The normalized spacial score (nSPS) is 31.0. The van der Waals surface area contributed by atoms with Gasteiger partial charge >= 0.3 is 5.97 Å². The standard InChI is InChI=1S/C15H28N2O2/c1-2-9-16-10-6-7-15(8-13-16,14(18)19)17-11-4-3-5-12-17/h2-13H2,1H3,(H,18,19). The lowest BCUT2D eigenvalue weighted by atomic mass is 9.86. The molecule has 0 radical (unpaired) electrons. The van der Waals surface area contributed by atoms with E-state index in [0.29, 0.717) is 0 Å². The highest BCUT2D eigenvalue weighted by Crippen LogP contribution is 2.32. The summed E-state index contributed by atoms with van der Waals surface area (Å²) >= 11 is 0. The zero-order valence-corrected chi connectivity index (χ0v) is 12.2. The molecule has 1 N–H and O–H groups in total. The van der Waals surface area contributed by atoms with Gasteiger partial charge in [-0.25, -0.2) is 0 Å². The van der Waals surface area contributed by atoms with E-state index in [1.54, 1.807) is 0 Å². The number of likely N-dealkylation sites (tertiary alicyclic amines) is 2. The van der Waals surface area contributed by atoms with Crippen LogP contribution in [-0.2, 0) is 4.79 Å². The molecule has 0 saturated carbocycles. The summed E-state index contributed by atoms with van der Waals surface area (Å²) in [6.07, 6.45) is 7.37. The monoisotopic (exact) mass is 268 g/mol. The minimum Gasteiger partial charge on any atom is -0.480 e. The molecule has 0 spiro atoms. The lowest BCUT2D eigenvalue weighted by Crippen LogP contribution is -2.56. The lowest BCUT2D eigenvalue weighted by Gasteiger charge is -2.42. The van der Waals surface area contributed by atoms with Crippen LogP contribution in [0.15, 0.2) is 0 Å². The van der Waals surface area contributed by atoms with Gasteiger partial charge in [0.2, 0.25) is 0 Å². The maximum absolute atomic E-state index is 11.9. The van der Waals surface area contributed by atoms with Gasteiger partial charge in [-0.3, -0.25) is 9.69 Å². The molecule has 0 aromatic heterocycles. The molecule has 0 aliphatic carbocycles. The van der Waals surface area contributed by atoms with Gasteiger partial charge in [-0.05, 0) is 64.7 Å². The van der Waals surface area contributed by atoms with Gasteiger partial charge in [0, 0.05) is 6.54 Å². The van der Waals surface area contributed by atoms with Crippen LogP contribution in [0, 0.1) is 0 Å². The molecule has 2 aliphatic rings. The molecule has 2 aliphatic heterocycles. The Morgan fingerprint density at radius 3 is 2.42 bits per heavy atom. The topological polar surface area (TPSA) is 43.8 Å². The Hall–Kier alpha value is -0.610. The molecule has 0 aromatic carbocycles. The Balaban J connectivity index is 2.08. The van der Waals surface area contributed by atoms with E-state index in [0.717, 1.165) is 71.2 Å². The van der Waals surface area contributed by atoms with Gasteiger partial charge in [0.1, 0.15) is 5.54 Å². The molecule has 4 nitrogen and oxygen atoms in total. The van der Waals surface area contributed by atoms with Crippen LogP contribution < -0.4 is 0 Å². The van der Waals surface area contributed by atoms with Crippen molar-refractivity contribution in [1.82, 2.24) is 9.80 Å². The first kappa shape index (κ1) is 14.8. The first-order chi connectivity index (χ1) is 9.19. The van der Waals surface area contributed by atoms with Crippen LogP contribution in [0.3, 0.4) is 0 Å². The first-order valence-corrected chi connectivity index (χ1v) is 7.90. The average molecular weight is 268 g/mol. The molecule has 1 atom stereocenters. The van der Waals surface area contributed by atoms with Crippen molar-refractivity contribution in [2.45, 2.75) is 57.4 Å². The van der Waals surface area contributed by atoms with E-state index in [4.69, 9.17) is 0 Å². The van der Waals surface area contributed by atoms with Crippen molar-refractivity contribution in [2.75, 3.05) is 32.7 Å². The summed E-state index contributed by atoms with van der Waals surface area (Å²) in [5.41, 5.74) is -0.580. The number of carbonyl (C=O) groups is 1. The molecule has 2 rings (SSSR count). The van der Waals surface area contributed by atoms with Crippen molar-refractivity contribution >= 4 is 5.97 Å². The smallest absolute Gasteiger partial charge is 0.324 e. The van der Waals surface area contributed by atoms with Gasteiger partial charge in [0.25, 0.3) is 0 Å². The number of rotatable bonds is 4. The van der Waals surface area contributed by atoms with Gasteiger partial charge in [-0.2, -0.15) is 0 Å². The second kappa shape index (κ2) is 6.71. The lowest BCUT2D eigenvalue weighted by molar-refractivity contribution is -0.153. The molecule has 1 unspecified atom stereocenters. The Kier molecular flexibility index (Phi) is 5.22. The number of carboxylic acid groups (broad SMARTS) is 1. The average Bonchev–Trinajstić information content (AvgIpc) is 2.64. The fourth-order valence-corrected chi connectivity index (χ4v) is 3.70. The van der Waals surface area contributed by atoms with Crippen molar-refractivity contribution < 1.29 is 9.90 Å². The van der Waals surface area contributed by atoms with E-state index < -0.39 is 11.5 Å². The minimum absolute atomic E-state index is 0.580. The van der Waals surface area contributed by atoms with Gasteiger partial charge in [-0.1, -0.05) is 13.3 Å². The van der Waals surface area contributed by atoms with Crippen LogP contribution in [0.25, 0.3) is 0 Å². The van der Waals surface area contributed by atoms with Crippen LogP contribution in [0.1, 0.15) is 51.9 Å². The molecule has 0 amide bonds. The highest BCUT2D eigenvalue weighted by molar-refractivity contribution is 5.79. The first-order valence-electron chi connectivity index (χ1n) is 7.90. The summed E-state index contributed by atoms with van der Waals surface area (Å²) < 4.78 is 0. The number of hydrogen-bond donors (Lipinski definition) is 1. The van der Waals surface area contributed by atoms with E-state index in [2.05, 4.69) is 16.7 Å². The van der Waals surface area contributed by atoms with E-state index in [1.807, 2.05) is 0 Å². The Morgan fingerprint density at radius 1 is 1.05 bits per heavy atom. The van der Waals surface area contributed by atoms with Crippen molar-refractivity contribution in [3.63, 3.8) is 0 Å². The predicted octanol–water partition coefficient (Wildman–Crippen LogP) is 2.19. The minimum atomic E-state index is -0.590. The fourth-order valence-electron chi connectivity index (χ4n) is 3.70. The number of aliphatic carboxylic acids is 1. The number of carboxylic acids is 1. The van der Waals surface area contributed by atoms with Crippen molar-refractivity contribution in [2.24, 2.45) is 0 Å². The largest absolute Gasteiger partial charge is 0.480 e. The summed E-state index contributed by atoms with van der Waals surface area (Å²) in [6, 6.07) is 0. The third-order valence-electron chi connectivity index (χ3n) is 4.81. The van der Waals surface area contributed by atoms with Gasteiger partial charge in [-0.15, -0.1) is 0 Å². The van der Waals surface area contributed by atoms with Crippen LogP contribution >= 0.6 is 0 Å². The Bertz CT molecular complexity index is 303. The van der Waals surface area contributed by atoms with Gasteiger partial charge < -0.3 is 10.0 Å². The fraction of sp³-hybridized carbons (Fsp3) is 0.933. The number of hydrogen-bond acceptors (Lipinski definition) is 3. The predicted molar refractivity (Wildman–Crippen MR) is 76.4 cm³/mol. The van der Waals surface area contributed by atoms with Crippen LogP contribution in [0.2, 0.25) is 0 Å². The van der Waals surface area contributed by atoms with Crippen LogP contribution in [0.5, 0.6) is 0 Å². The van der Waals surface area contributed by atoms with E-state index in [-0.39, 0.29) is 0 Å². The summed E-state index contributed by atoms with van der Waals surface area (Å²) in [5.74, 6) is -0.590. The van der Waals surface area contributed by atoms with Crippen LogP contribution in [-0.4, -0.2) is 59.1 Å². The molecule has 19 heavy (non-hydrogen) atoms. The number of nitrogens with zero attached hydrogens (tertiary/aromatic N) is 2. The number of piperidine rings is 1. The van der Waals surface area contributed by atoms with E-state index in [9.17, 15) is 9.90 Å². The zero-order valence-electron chi connectivity index (χ0n) is 12.2. The SMILES string of the molecule is CCCN1CCCC(C(=O)O)(N2CCCCC2)CC1. The molecule has 2 fully saturated rings. The maximum Gasteiger partial charge on any atom is 0.324 e. The third kappa shape index (κ3) is 3.29. The molecular weight excluding hydrogens is 240 g/mol. The molecule has 110 valence electrons. The molecule has 2 saturated heterocycles. The summed E-state index contributed by atoms with van der Waals surface area (Å²) in [7, 11) is 0. The third-order valence-corrected chi connectivity index (χ3v) is 4.81. The van der Waals surface area contributed by atoms with Crippen molar-refractivity contribution in [3.05, 3.63) is 0 Å². The molecule has 0 bridgehead atoms. The maximum atomic E-state index is 11.9. The second-order valence-corrected chi connectivity index (χ2v) is 6.08. The summed E-state index contributed by atoms with van der Waals surface area (Å²) in [6.45, 7) is 7.25. The van der Waals surface area contributed by atoms with Crippen molar-refractivity contribution in [1.29, 1.82) is 0 Å². The molecule has 0 aromatic rings. The molecular formula is C15H28N2O2. The Morgan fingerprint density at radius 2 is 1.79 bits per heavy atom. The van der Waals surface area contributed by atoms with Crippen LogP contribution in [0.4, 0.5) is 0 Å². The zero-order chi connectivity index (χ0) is 13.7. The molecule has 4 heteroatoms. The quantitative estimate of drug-likeness (QED) is 0.849. The van der Waals surface area contributed by atoms with E-state index >= 15 is 0 Å². The summed E-state index contributed by atoms with van der Waals surface area (Å²) in [5, 5.41) is 9.82. The Labute approximate surface area is 116 Å². The second-order valence-electron chi connectivity index (χ2n) is 6.08. The van der Waals surface area contributed by atoms with Crippen molar-refractivity contribution in [3.8, 4) is 0 Å². The van der Waals surface area contributed by atoms with Gasteiger partial charge in [0.05, 0.1) is 0 Å². The van der Waals surface area contributed by atoms with E-state index in [1.165, 1.54) is 6.42 Å². The highest BCUT2D eigenvalue weighted by atomic mass is 16.4. The highest BCUT2D eigenvalue weighted by Gasteiger charge is 2.45. The summed E-state index contributed by atoms with van der Waals surface area (Å²) in [4.78, 5) is 16.6. The van der Waals surface area contributed by atoms with Gasteiger partial charge in [0.15, 0.2) is 0 Å². The molecule has 2 heterocycles.